The van der Waals surface area contributed by atoms with Gasteiger partial charge in [-0.15, -0.1) is 0 Å². The number of rotatable bonds is 5. The number of carbonyl (C=O) groups is 2. The molecule has 0 bridgehead atoms. The largest absolute Gasteiger partial charge is 0.447 e. The van der Waals surface area contributed by atoms with Gasteiger partial charge in [0.25, 0.3) is 0 Å². The lowest BCUT2D eigenvalue weighted by Gasteiger charge is -2.19. The van der Waals surface area contributed by atoms with Crippen LogP contribution in [0.5, 0.6) is 0 Å². The molecule has 0 radical (unpaired) electrons. The summed E-state index contributed by atoms with van der Waals surface area (Å²) in [7, 11) is 0. The number of halogens is 1. The van der Waals surface area contributed by atoms with E-state index in [4.69, 9.17) is 9.47 Å². The van der Waals surface area contributed by atoms with Gasteiger partial charge in [0.15, 0.2) is 0 Å². The van der Waals surface area contributed by atoms with Crippen molar-refractivity contribution in [2.75, 3.05) is 42.8 Å². The van der Waals surface area contributed by atoms with Crippen LogP contribution in [0.1, 0.15) is 13.3 Å². The molecule has 2 heterocycles. The fourth-order valence-corrected chi connectivity index (χ4v) is 2.73. The van der Waals surface area contributed by atoms with Crippen LogP contribution in [0, 0.1) is 5.82 Å². The molecule has 2 aliphatic rings. The first-order valence-corrected chi connectivity index (χ1v) is 7.95. The molecular formula is C16H20FN3O4. The molecule has 0 saturated carbocycles. The highest BCUT2D eigenvalue weighted by atomic mass is 19.1. The average Bonchev–Trinajstić information content (AvgIpc) is 3.21. The van der Waals surface area contributed by atoms with Gasteiger partial charge in [-0.2, -0.15) is 0 Å². The lowest BCUT2D eigenvalue weighted by atomic mass is 10.2. The van der Waals surface area contributed by atoms with Crippen LogP contribution in [-0.4, -0.2) is 51.1 Å². The first-order valence-electron chi connectivity index (χ1n) is 7.95. The Morgan fingerprint density at radius 2 is 2.29 bits per heavy atom. The van der Waals surface area contributed by atoms with Crippen LogP contribution in [-0.2, 0) is 14.3 Å². The van der Waals surface area contributed by atoms with Crippen molar-refractivity contribution in [2.45, 2.75) is 19.4 Å². The van der Waals surface area contributed by atoms with E-state index in [9.17, 15) is 14.0 Å². The Morgan fingerprint density at radius 3 is 2.96 bits per heavy atom. The van der Waals surface area contributed by atoms with Gasteiger partial charge in [0.1, 0.15) is 19.2 Å². The molecule has 0 spiro atoms. The highest BCUT2D eigenvalue weighted by molar-refractivity contribution is 5.89. The van der Waals surface area contributed by atoms with Gasteiger partial charge in [-0.25, -0.2) is 9.18 Å². The number of nitrogens with one attached hydrogen (secondary N) is 1. The quantitative estimate of drug-likeness (QED) is 0.881. The Morgan fingerprint density at radius 1 is 1.46 bits per heavy atom. The lowest BCUT2D eigenvalue weighted by molar-refractivity contribution is -0.121. The number of ether oxygens (including phenoxy) is 2. The minimum Gasteiger partial charge on any atom is -0.447 e. The van der Waals surface area contributed by atoms with Crippen molar-refractivity contribution in [3.8, 4) is 0 Å². The van der Waals surface area contributed by atoms with Crippen molar-refractivity contribution >= 4 is 23.4 Å². The van der Waals surface area contributed by atoms with E-state index in [-0.39, 0.29) is 24.3 Å². The minimum absolute atomic E-state index is 0.0232. The number of cyclic esters (lactones) is 1. The second kappa shape index (κ2) is 7.04. The van der Waals surface area contributed by atoms with Crippen molar-refractivity contribution in [1.29, 1.82) is 0 Å². The van der Waals surface area contributed by atoms with Crippen LogP contribution < -0.4 is 15.1 Å². The van der Waals surface area contributed by atoms with E-state index in [0.717, 1.165) is 0 Å². The van der Waals surface area contributed by atoms with Gasteiger partial charge in [0.2, 0.25) is 5.91 Å². The van der Waals surface area contributed by atoms with Crippen LogP contribution in [0.4, 0.5) is 20.6 Å². The third-order valence-electron chi connectivity index (χ3n) is 4.09. The lowest BCUT2D eigenvalue weighted by Crippen LogP contribution is -2.34. The zero-order chi connectivity index (χ0) is 17.1. The van der Waals surface area contributed by atoms with E-state index in [1.54, 1.807) is 19.1 Å². The molecular weight excluding hydrogens is 317 g/mol. The third-order valence-corrected chi connectivity index (χ3v) is 4.09. The van der Waals surface area contributed by atoms with Gasteiger partial charge in [0, 0.05) is 25.2 Å². The van der Waals surface area contributed by atoms with E-state index in [0.29, 0.717) is 38.5 Å². The number of carbonyl (C=O) groups excluding carboxylic acids is 2. The van der Waals surface area contributed by atoms with Crippen LogP contribution in [0.2, 0.25) is 0 Å². The highest BCUT2D eigenvalue weighted by Crippen LogP contribution is 2.28. The van der Waals surface area contributed by atoms with Crippen molar-refractivity contribution in [3.05, 3.63) is 24.0 Å². The van der Waals surface area contributed by atoms with Crippen molar-refractivity contribution in [3.63, 3.8) is 0 Å². The van der Waals surface area contributed by atoms with E-state index >= 15 is 0 Å². The smallest absolute Gasteiger partial charge is 0.414 e. The fourth-order valence-electron chi connectivity index (χ4n) is 2.73. The van der Waals surface area contributed by atoms with Crippen molar-refractivity contribution in [1.82, 2.24) is 5.32 Å². The van der Waals surface area contributed by atoms with Crippen LogP contribution in [0.25, 0.3) is 0 Å². The summed E-state index contributed by atoms with van der Waals surface area (Å²) in [6.07, 6.45) is -0.225. The molecule has 2 fully saturated rings. The number of hydrogen-bond acceptors (Lipinski definition) is 5. The van der Waals surface area contributed by atoms with Crippen LogP contribution in [0.15, 0.2) is 18.2 Å². The number of anilines is 2. The summed E-state index contributed by atoms with van der Waals surface area (Å²) >= 11 is 0. The summed E-state index contributed by atoms with van der Waals surface area (Å²) in [6.45, 7) is 3.74. The van der Waals surface area contributed by atoms with Crippen LogP contribution in [0.3, 0.4) is 0 Å². The normalized spacial score (nSPS) is 20.4. The first kappa shape index (κ1) is 16.5. The molecule has 7 nitrogen and oxygen atoms in total. The summed E-state index contributed by atoms with van der Waals surface area (Å²) in [5.74, 6) is -0.501. The second-order valence-electron chi connectivity index (χ2n) is 5.70. The van der Waals surface area contributed by atoms with Gasteiger partial charge in [-0.3, -0.25) is 9.69 Å². The van der Waals surface area contributed by atoms with Gasteiger partial charge in [-0.05, 0) is 18.2 Å². The van der Waals surface area contributed by atoms with Crippen molar-refractivity contribution < 1.29 is 23.5 Å². The predicted octanol–water partition coefficient (Wildman–Crippen LogP) is 1.47. The Bertz CT molecular complexity index is 640. The van der Waals surface area contributed by atoms with Crippen LogP contribution >= 0.6 is 0 Å². The summed E-state index contributed by atoms with van der Waals surface area (Å²) in [6, 6.07) is 4.71. The molecule has 1 N–H and O–H groups in total. The zero-order valence-corrected chi connectivity index (χ0v) is 13.5. The molecule has 0 aromatic heterocycles. The van der Waals surface area contributed by atoms with E-state index in [1.165, 1.54) is 11.0 Å². The SMILES string of the molecule is CCC(=O)NC[C@H]1CN(c2ccc(N3CCOC3=O)c(F)c2)CO1. The van der Waals surface area contributed by atoms with E-state index in [1.807, 2.05) is 4.90 Å². The Balaban J connectivity index is 1.63. The predicted molar refractivity (Wildman–Crippen MR) is 85.5 cm³/mol. The molecule has 1 aromatic carbocycles. The molecule has 2 aliphatic heterocycles. The highest BCUT2D eigenvalue weighted by Gasteiger charge is 2.28. The zero-order valence-electron chi connectivity index (χ0n) is 13.5. The van der Waals surface area contributed by atoms with Gasteiger partial charge in [0.05, 0.1) is 18.3 Å². The average molecular weight is 337 g/mol. The Kier molecular flexibility index (Phi) is 4.84. The standard InChI is InChI=1S/C16H20FN3O4/c1-2-15(21)18-8-12-9-19(10-24-12)11-3-4-14(13(17)7-11)20-5-6-23-16(20)22/h3-4,7,12H,2,5-6,8-10H2,1H3,(H,18,21)/t12-/m0/s1. The summed E-state index contributed by atoms with van der Waals surface area (Å²) in [5.41, 5.74) is 0.890. The molecule has 0 unspecified atom stereocenters. The topological polar surface area (TPSA) is 71.1 Å². The number of amides is 2. The molecule has 0 aliphatic carbocycles. The molecule has 1 aromatic rings. The molecule has 2 saturated heterocycles. The van der Waals surface area contributed by atoms with E-state index in [2.05, 4.69) is 5.32 Å². The Hall–Kier alpha value is -2.35. The molecule has 130 valence electrons. The number of nitrogens with zero attached hydrogens (tertiary/aromatic N) is 2. The minimum atomic E-state index is -0.530. The summed E-state index contributed by atoms with van der Waals surface area (Å²) in [4.78, 5) is 26.0. The van der Waals surface area contributed by atoms with Gasteiger partial charge in [-0.1, -0.05) is 6.92 Å². The monoisotopic (exact) mass is 337 g/mol. The molecule has 3 rings (SSSR count). The first-order chi connectivity index (χ1) is 11.6. The van der Waals surface area contributed by atoms with Gasteiger partial charge >= 0.3 is 6.09 Å². The molecule has 24 heavy (non-hydrogen) atoms. The fraction of sp³-hybridized carbons (Fsp3) is 0.500. The second-order valence-corrected chi connectivity index (χ2v) is 5.70. The van der Waals surface area contributed by atoms with Crippen molar-refractivity contribution in [2.24, 2.45) is 0 Å². The third kappa shape index (κ3) is 3.43. The molecule has 2 amide bonds. The molecule has 8 heteroatoms. The summed E-state index contributed by atoms with van der Waals surface area (Å²) in [5, 5.41) is 2.79. The maximum absolute atomic E-state index is 14.4. The number of benzene rings is 1. The maximum atomic E-state index is 14.4. The summed E-state index contributed by atoms with van der Waals surface area (Å²) < 4.78 is 24.8. The number of hydrogen-bond donors (Lipinski definition) is 1. The maximum Gasteiger partial charge on any atom is 0.414 e. The molecule has 1 atom stereocenters. The van der Waals surface area contributed by atoms with Gasteiger partial charge < -0.3 is 19.7 Å². The Labute approximate surface area is 139 Å². The van der Waals surface area contributed by atoms with E-state index < -0.39 is 11.9 Å².